The molecule has 0 amide bonds. The molecule has 134 valence electrons. The molecule has 0 aromatic heterocycles. The average molecular weight is 357 g/mol. The van der Waals surface area contributed by atoms with Gasteiger partial charge in [-0.1, -0.05) is 66.7 Å². The van der Waals surface area contributed by atoms with E-state index in [9.17, 15) is 4.39 Å². The molecule has 27 heavy (non-hydrogen) atoms. The third kappa shape index (κ3) is 3.93. The van der Waals surface area contributed by atoms with Crippen molar-refractivity contribution < 1.29 is 9.13 Å². The highest BCUT2D eigenvalue weighted by atomic mass is 19.1. The van der Waals surface area contributed by atoms with Gasteiger partial charge in [-0.2, -0.15) is 0 Å². The van der Waals surface area contributed by atoms with Crippen LogP contribution in [0.2, 0.25) is 0 Å². The Morgan fingerprint density at radius 2 is 1.48 bits per heavy atom. The van der Waals surface area contributed by atoms with Crippen LogP contribution in [0.3, 0.4) is 0 Å². The van der Waals surface area contributed by atoms with Crippen LogP contribution in [0.4, 0.5) is 10.1 Å². The van der Waals surface area contributed by atoms with Gasteiger partial charge in [0, 0.05) is 23.4 Å². The second-order valence-corrected chi connectivity index (χ2v) is 6.36. The lowest BCUT2D eigenvalue weighted by Gasteiger charge is -2.16. The molecular weight excluding hydrogens is 337 g/mol. The van der Waals surface area contributed by atoms with E-state index in [-0.39, 0.29) is 12.4 Å². The lowest BCUT2D eigenvalue weighted by atomic mass is 10.0. The third-order valence-electron chi connectivity index (χ3n) is 4.58. The molecule has 0 fully saturated rings. The summed E-state index contributed by atoms with van der Waals surface area (Å²) in [5.41, 5.74) is 2.66. The van der Waals surface area contributed by atoms with Crippen LogP contribution in [0.15, 0.2) is 91.0 Å². The molecule has 0 saturated carbocycles. The number of ether oxygens (including phenoxy) is 1. The summed E-state index contributed by atoms with van der Waals surface area (Å²) in [5, 5.41) is 5.73. The van der Waals surface area contributed by atoms with Gasteiger partial charge >= 0.3 is 0 Å². The SMILES string of the molecule is Fc1ccccc1COc1ccc2ccccc2c1CNc1ccccc1. The molecule has 4 aromatic carbocycles. The van der Waals surface area contributed by atoms with Crippen LogP contribution in [0.5, 0.6) is 5.75 Å². The zero-order valence-electron chi connectivity index (χ0n) is 14.9. The molecule has 0 aliphatic rings. The van der Waals surface area contributed by atoms with Crippen LogP contribution >= 0.6 is 0 Å². The van der Waals surface area contributed by atoms with E-state index >= 15 is 0 Å². The summed E-state index contributed by atoms with van der Waals surface area (Å²) in [6, 6.07) is 29.0. The Kier molecular flexibility index (Phi) is 5.01. The molecule has 0 heterocycles. The van der Waals surface area contributed by atoms with Crippen LogP contribution in [0.25, 0.3) is 10.8 Å². The second-order valence-electron chi connectivity index (χ2n) is 6.36. The molecule has 4 aromatic rings. The molecule has 0 unspecified atom stereocenters. The molecule has 0 saturated heterocycles. The van der Waals surface area contributed by atoms with Crippen LogP contribution in [-0.2, 0) is 13.2 Å². The van der Waals surface area contributed by atoms with Gasteiger partial charge in [0.15, 0.2) is 0 Å². The van der Waals surface area contributed by atoms with E-state index in [2.05, 4.69) is 17.4 Å². The minimum atomic E-state index is -0.248. The van der Waals surface area contributed by atoms with Crippen molar-refractivity contribution in [2.24, 2.45) is 0 Å². The molecule has 0 atom stereocenters. The zero-order chi connectivity index (χ0) is 18.5. The Morgan fingerprint density at radius 3 is 2.33 bits per heavy atom. The van der Waals surface area contributed by atoms with Gasteiger partial charge in [-0.05, 0) is 35.0 Å². The second kappa shape index (κ2) is 7.92. The molecule has 1 N–H and O–H groups in total. The summed E-state index contributed by atoms with van der Waals surface area (Å²) < 4.78 is 19.9. The fourth-order valence-corrected chi connectivity index (χ4v) is 3.15. The normalized spacial score (nSPS) is 10.7. The molecule has 0 radical (unpaired) electrons. The molecule has 0 aliphatic carbocycles. The maximum Gasteiger partial charge on any atom is 0.129 e. The van der Waals surface area contributed by atoms with Gasteiger partial charge in [-0.3, -0.25) is 0 Å². The fraction of sp³-hybridized carbons (Fsp3) is 0.0833. The molecule has 0 aliphatic heterocycles. The summed E-state index contributed by atoms with van der Waals surface area (Å²) >= 11 is 0. The van der Waals surface area contributed by atoms with Crippen LogP contribution in [0.1, 0.15) is 11.1 Å². The Bertz CT molecular complexity index is 1050. The highest BCUT2D eigenvalue weighted by molar-refractivity contribution is 5.88. The Morgan fingerprint density at radius 1 is 0.741 bits per heavy atom. The quantitative estimate of drug-likeness (QED) is 0.445. The maximum atomic E-state index is 13.9. The smallest absolute Gasteiger partial charge is 0.129 e. The summed E-state index contributed by atoms with van der Waals surface area (Å²) in [6.07, 6.45) is 0. The van der Waals surface area contributed by atoms with Crippen molar-refractivity contribution in [3.05, 3.63) is 108 Å². The minimum Gasteiger partial charge on any atom is -0.488 e. The summed E-state index contributed by atoms with van der Waals surface area (Å²) in [4.78, 5) is 0. The first kappa shape index (κ1) is 17.1. The van der Waals surface area contributed by atoms with Crippen molar-refractivity contribution >= 4 is 16.5 Å². The average Bonchev–Trinajstić information content (AvgIpc) is 2.72. The highest BCUT2D eigenvalue weighted by Crippen LogP contribution is 2.30. The number of nitrogens with one attached hydrogen (secondary N) is 1. The van der Waals surface area contributed by atoms with Gasteiger partial charge < -0.3 is 10.1 Å². The van der Waals surface area contributed by atoms with E-state index < -0.39 is 0 Å². The van der Waals surface area contributed by atoms with E-state index in [1.807, 2.05) is 60.7 Å². The van der Waals surface area contributed by atoms with Crippen molar-refractivity contribution in [3.8, 4) is 5.75 Å². The molecule has 4 rings (SSSR count). The van der Waals surface area contributed by atoms with E-state index in [0.29, 0.717) is 12.1 Å². The highest BCUT2D eigenvalue weighted by Gasteiger charge is 2.10. The number of halogens is 1. The number of fused-ring (bicyclic) bond motifs is 1. The van der Waals surface area contributed by atoms with Crippen molar-refractivity contribution in [3.63, 3.8) is 0 Å². The van der Waals surface area contributed by atoms with Crippen molar-refractivity contribution in [2.75, 3.05) is 5.32 Å². The van der Waals surface area contributed by atoms with Gasteiger partial charge in [0.25, 0.3) is 0 Å². The van der Waals surface area contributed by atoms with E-state index in [0.717, 1.165) is 27.8 Å². The van der Waals surface area contributed by atoms with Gasteiger partial charge in [-0.15, -0.1) is 0 Å². The predicted molar refractivity (Wildman–Crippen MR) is 108 cm³/mol. The number of para-hydroxylation sites is 1. The van der Waals surface area contributed by atoms with Crippen molar-refractivity contribution in [2.45, 2.75) is 13.2 Å². The van der Waals surface area contributed by atoms with Gasteiger partial charge in [-0.25, -0.2) is 4.39 Å². The fourth-order valence-electron chi connectivity index (χ4n) is 3.15. The topological polar surface area (TPSA) is 21.3 Å². The number of hydrogen-bond acceptors (Lipinski definition) is 2. The molecule has 3 heteroatoms. The number of hydrogen-bond donors (Lipinski definition) is 1. The Labute approximate surface area is 158 Å². The molecular formula is C24H20FNO. The first-order valence-electron chi connectivity index (χ1n) is 8.97. The lowest BCUT2D eigenvalue weighted by Crippen LogP contribution is -2.05. The van der Waals surface area contributed by atoms with Gasteiger partial charge in [0.2, 0.25) is 0 Å². The predicted octanol–water partition coefficient (Wildman–Crippen LogP) is 6.17. The van der Waals surface area contributed by atoms with Crippen LogP contribution in [0, 0.1) is 5.82 Å². The maximum absolute atomic E-state index is 13.9. The zero-order valence-corrected chi connectivity index (χ0v) is 14.9. The first-order valence-corrected chi connectivity index (χ1v) is 8.97. The monoisotopic (exact) mass is 357 g/mol. The Balaban J connectivity index is 1.63. The van der Waals surface area contributed by atoms with Crippen molar-refractivity contribution in [1.29, 1.82) is 0 Å². The summed E-state index contributed by atoms with van der Waals surface area (Å²) in [7, 11) is 0. The van der Waals surface area contributed by atoms with E-state index in [4.69, 9.17) is 4.74 Å². The summed E-state index contributed by atoms with van der Waals surface area (Å²) in [6.45, 7) is 0.821. The van der Waals surface area contributed by atoms with Crippen LogP contribution < -0.4 is 10.1 Å². The summed E-state index contributed by atoms with van der Waals surface area (Å²) in [5.74, 6) is 0.516. The Hall–Kier alpha value is -3.33. The first-order chi connectivity index (χ1) is 13.3. The minimum absolute atomic E-state index is 0.198. The number of benzene rings is 4. The molecule has 0 spiro atoms. The third-order valence-corrected chi connectivity index (χ3v) is 4.58. The van der Waals surface area contributed by atoms with Gasteiger partial charge in [0.1, 0.15) is 18.2 Å². The van der Waals surface area contributed by atoms with Crippen LogP contribution in [-0.4, -0.2) is 0 Å². The largest absolute Gasteiger partial charge is 0.488 e. The van der Waals surface area contributed by atoms with Crippen molar-refractivity contribution in [1.82, 2.24) is 0 Å². The molecule has 2 nitrogen and oxygen atoms in total. The van der Waals surface area contributed by atoms with E-state index in [1.165, 1.54) is 6.07 Å². The number of anilines is 1. The van der Waals surface area contributed by atoms with E-state index in [1.54, 1.807) is 12.1 Å². The standard InChI is InChI=1S/C24H20FNO/c25-23-13-7-5-9-19(23)17-27-24-15-14-18-8-4-6-12-21(18)22(24)16-26-20-10-2-1-3-11-20/h1-15,26H,16-17H2. The number of rotatable bonds is 6. The lowest BCUT2D eigenvalue weighted by molar-refractivity contribution is 0.297. The van der Waals surface area contributed by atoms with Gasteiger partial charge in [0.05, 0.1) is 0 Å². The molecule has 0 bridgehead atoms.